The quantitative estimate of drug-likeness (QED) is 0.447. The number of hydrogen-bond acceptors (Lipinski definition) is 4. The van der Waals surface area contributed by atoms with Crippen LogP contribution in [0.2, 0.25) is 0 Å². The van der Waals surface area contributed by atoms with E-state index in [9.17, 15) is 10.5 Å². The Morgan fingerprint density at radius 3 is 1.93 bits per heavy atom. The molecule has 0 bridgehead atoms. The van der Waals surface area contributed by atoms with Gasteiger partial charge in [0.25, 0.3) is 0 Å². The van der Waals surface area contributed by atoms with Crippen LogP contribution in [-0.2, 0) is 0 Å². The SMILES string of the molecule is N#Cc1cncc(C#N)c1-c1nc2c3ccccc3c3ccccc3c2[nH]1. The van der Waals surface area contributed by atoms with Gasteiger partial charge in [-0.05, 0) is 10.8 Å². The van der Waals surface area contributed by atoms with Gasteiger partial charge in [0, 0.05) is 23.2 Å². The lowest BCUT2D eigenvalue weighted by Gasteiger charge is -2.05. The summed E-state index contributed by atoms with van der Waals surface area (Å²) in [7, 11) is 0. The van der Waals surface area contributed by atoms with Gasteiger partial charge < -0.3 is 4.98 Å². The van der Waals surface area contributed by atoms with Crippen LogP contribution < -0.4 is 0 Å². The van der Waals surface area contributed by atoms with E-state index < -0.39 is 0 Å². The van der Waals surface area contributed by atoms with Gasteiger partial charge in [-0.2, -0.15) is 10.5 Å². The van der Waals surface area contributed by atoms with Crippen molar-refractivity contribution in [3.63, 3.8) is 0 Å². The molecule has 5 heteroatoms. The highest BCUT2D eigenvalue weighted by molar-refractivity contribution is 6.23. The molecule has 0 saturated heterocycles. The molecule has 5 rings (SSSR count). The number of aromatic amines is 1. The minimum Gasteiger partial charge on any atom is -0.337 e. The molecule has 3 aromatic carbocycles. The van der Waals surface area contributed by atoms with Crippen molar-refractivity contribution in [2.45, 2.75) is 0 Å². The maximum Gasteiger partial charge on any atom is 0.141 e. The fraction of sp³-hybridized carbons (Fsp3) is 0. The number of H-pyrrole nitrogens is 1. The summed E-state index contributed by atoms with van der Waals surface area (Å²) in [5, 5.41) is 23.3. The molecule has 0 aliphatic rings. The topological polar surface area (TPSA) is 89.2 Å². The zero-order chi connectivity index (χ0) is 18.4. The second-order valence-electron chi connectivity index (χ2n) is 6.23. The van der Waals surface area contributed by atoms with Gasteiger partial charge in [0.05, 0.1) is 27.7 Å². The molecule has 1 N–H and O–H groups in total. The number of aromatic nitrogens is 3. The van der Waals surface area contributed by atoms with E-state index in [2.05, 4.69) is 40.3 Å². The van der Waals surface area contributed by atoms with Crippen LogP contribution >= 0.6 is 0 Å². The average Bonchev–Trinajstić information content (AvgIpc) is 3.18. The van der Waals surface area contributed by atoms with Gasteiger partial charge in [-0.3, -0.25) is 4.98 Å². The minimum atomic E-state index is 0.321. The van der Waals surface area contributed by atoms with Crippen LogP contribution in [0.4, 0.5) is 0 Å². The Hall–Kier alpha value is -4.22. The Bertz CT molecular complexity index is 1340. The zero-order valence-corrected chi connectivity index (χ0v) is 14.1. The summed E-state index contributed by atoms with van der Waals surface area (Å²) in [4.78, 5) is 12.1. The van der Waals surface area contributed by atoms with Crippen molar-refractivity contribution in [1.82, 2.24) is 15.0 Å². The second kappa shape index (κ2) is 5.66. The Labute approximate surface area is 154 Å². The van der Waals surface area contributed by atoms with Gasteiger partial charge in [-0.25, -0.2) is 4.98 Å². The first-order valence-corrected chi connectivity index (χ1v) is 8.39. The summed E-state index contributed by atoms with van der Waals surface area (Å²) in [5.74, 6) is 0.502. The van der Waals surface area contributed by atoms with Gasteiger partial charge in [0.15, 0.2) is 0 Å². The molecule has 0 spiro atoms. The lowest BCUT2D eigenvalue weighted by atomic mass is 10.0. The van der Waals surface area contributed by atoms with Crippen LogP contribution in [0.15, 0.2) is 60.9 Å². The van der Waals surface area contributed by atoms with Crippen molar-refractivity contribution in [3.8, 4) is 23.5 Å². The van der Waals surface area contributed by atoms with E-state index in [1.54, 1.807) is 0 Å². The van der Waals surface area contributed by atoms with Crippen LogP contribution in [0.3, 0.4) is 0 Å². The molecule has 5 aromatic rings. The van der Waals surface area contributed by atoms with Crippen LogP contribution in [0.25, 0.3) is 44.0 Å². The average molecular weight is 345 g/mol. The third kappa shape index (κ3) is 2.09. The molecule has 0 unspecified atom stereocenters. The normalized spacial score (nSPS) is 10.9. The number of pyridine rings is 1. The molecular formula is C22H11N5. The van der Waals surface area contributed by atoms with Crippen LogP contribution in [0.5, 0.6) is 0 Å². The molecule has 27 heavy (non-hydrogen) atoms. The minimum absolute atomic E-state index is 0.321. The number of imidazole rings is 1. The Morgan fingerprint density at radius 1 is 0.741 bits per heavy atom. The molecule has 2 aromatic heterocycles. The standard InChI is InChI=1S/C22H11N5/c23-9-13-11-25-12-14(10-24)19(13)22-26-20-17-7-3-1-5-15(17)16-6-2-4-8-18(16)21(20)27-22/h1-8,11-12H,(H,26,27). The number of fused-ring (bicyclic) bond motifs is 6. The largest absolute Gasteiger partial charge is 0.337 e. The summed E-state index contributed by atoms with van der Waals surface area (Å²) < 4.78 is 0. The van der Waals surface area contributed by atoms with Crippen molar-refractivity contribution in [3.05, 3.63) is 72.1 Å². The highest BCUT2D eigenvalue weighted by Crippen LogP contribution is 2.36. The number of nitriles is 2. The summed E-state index contributed by atoms with van der Waals surface area (Å²) >= 11 is 0. The molecule has 0 atom stereocenters. The van der Waals surface area contributed by atoms with E-state index in [0.29, 0.717) is 22.5 Å². The van der Waals surface area contributed by atoms with E-state index in [4.69, 9.17) is 4.98 Å². The summed E-state index contributed by atoms with van der Waals surface area (Å²) in [6.07, 6.45) is 2.92. The highest BCUT2D eigenvalue weighted by Gasteiger charge is 2.18. The Balaban J connectivity index is 1.98. The third-order valence-electron chi connectivity index (χ3n) is 4.80. The molecule has 0 saturated carbocycles. The first-order chi connectivity index (χ1) is 13.3. The molecule has 0 aliphatic carbocycles. The van der Waals surface area contributed by atoms with Crippen molar-refractivity contribution < 1.29 is 0 Å². The second-order valence-corrected chi connectivity index (χ2v) is 6.23. The summed E-state index contributed by atoms with van der Waals surface area (Å²) in [6.45, 7) is 0. The Kier molecular flexibility index (Phi) is 3.16. The number of hydrogen-bond donors (Lipinski definition) is 1. The first-order valence-electron chi connectivity index (χ1n) is 8.39. The fourth-order valence-electron chi connectivity index (χ4n) is 3.63. The van der Waals surface area contributed by atoms with Gasteiger partial charge in [-0.1, -0.05) is 48.5 Å². The molecule has 0 fully saturated rings. The van der Waals surface area contributed by atoms with E-state index in [1.807, 2.05) is 30.3 Å². The van der Waals surface area contributed by atoms with Crippen LogP contribution in [-0.4, -0.2) is 15.0 Å². The van der Waals surface area contributed by atoms with E-state index in [-0.39, 0.29) is 0 Å². The van der Waals surface area contributed by atoms with Gasteiger partial charge in [-0.15, -0.1) is 0 Å². The molecule has 2 heterocycles. The van der Waals surface area contributed by atoms with Gasteiger partial charge >= 0.3 is 0 Å². The molecule has 0 aliphatic heterocycles. The van der Waals surface area contributed by atoms with Gasteiger partial charge in [0.1, 0.15) is 18.0 Å². The van der Waals surface area contributed by atoms with Crippen molar-refractivity contribution in [2.24, 2.45) is 0 Å². The van der Waals surface area contributed by atoms with E-state index >= 15 is 0 Å². The van der Waals surface area contributed by atoms with E-state index in [1.165, 1.54) is 12.4 Å². The van der Waals surface area contributed by atoms with Crippen LogP contribution in [0, 0.1) is 22.7 Å². The predicted molar refractivity (Wildman–Crippen MR) is 104 cm³/mol. The lowest BCUT2D eigenvalue weighted by molar-refractivity contribution is 1.24. The van der Waals surface area contributed by atoms with Crippen molar-refractivity contribution >= 4 is 32.6 Å². The molecule has 0 amide bonds. The van der Waals surface area contributed by atoms with Gasteiger partial charge in [0.2, 0.25) is 0 Å². The van der Waals surface area contributed by atoms with Crippen molar-refractivity contribution in [1.29, 1.82) is 10.5 Å². The van der Waals surface area contributed by atoms with E-state index in [0.717, 1.165) is 32.6 Å². The van der Waals surface area contributed by atoms with Crippen LogP contribution in [0.1, 0.15) is 11.1 Å². The number of nitrogens with one attached hydrogen (secondary N) is 1. The monoisotopic (exact) mass is 345 g/mol. The smallest absolute Gasteiger partial charge is 0.141 e. The number of nitrogens with zero attached hydrogens (tertiary/aromatic N) is 4. The molecule has 5 nitrogen and oxygen atoms in total. The predicted octanol–water partition coefficient (Wildman–Crippen LogP) is 4.67. The fourth-order valence-corrected chi connectivity index (χ4v) is 3.63. The lowest BCUT2D eigenvalue weighted by Crippen LogP contribution is -1.93. The first kappa shape index (κ1) is 15.1. The molecule has 124 valence electrons. The molecular weight excluding hydrogens is 334 g/mol. The zero-order valence-electron chi connectivity index (χ0n) is 14.1. The maximum atomic E-state index is 9.48. The number of benzene rings is 3. The maximum absolute atomic E-state index is 9.48. The summed E-state index contributed by atoms with van der Waals surface area (Å²) in [5.41, 5.74) is 2.84. The summed E-state index contributed by atoms with van der Waals surface area (Å²) in [6, 6.07) is 20.5. The number of rotatable bonds is 1. The highest BCUT2D eigenvalue weighted by atomic mass is 14.9. The van der Waals surface area contributed by atoms with Crippen molar-refractivity contribution in [2.75, 3.05) is 0 Å². The third-order valence-corrected chi connectivity index (χ3v) is 4.80. The molecule has 0 radical (unpaired) electrons. The Morgan fingerprint density at radius 2 is 1.30 bits per heavy atom.